The molecule has 0 aliphatic rings. The number of sulfonamides is 1. The summed E-state index contributed by atoms with van der Waals surface area (Å²) in [6.07, 6.45) is 1.59. The molecule has 0 saturated heterocycles. The molecule has 0 heterocycles. The van der Waals surface area contributed by atoms with Gasteiger partial charge < -0.3 is 5.32 Å². The van der Waals surface area contributed by atoms with Crippen LogP contribution in [0.2, 0.25) is 10.0 Å². The van der Waals surface area contributed by atoms with E-state index in [0.29, 0.717) is 0 Å². The number of rotatable bonds is 9. The maximum absolute atomic E-state index is 12.9. The molecular weight excluding hydrogens is 419 g/mol. The third kappa shape index (κ3) is 6.21. The molecule has 0 aromatic heterocycles. The van der Waals surface area contributed by atoms with Crippen molar-refractivity contribution in [2.24, 2.45) is 0 Å². The molecule has 1 atom stereocenters. The molecule has 28 heavy (non-hydrogen) atoms. The molecule has 0 aliphatic carbocycles. The Morgan fingerprint density at radius 3 is 2.46 bits per heavy atom. The average molecular weight is 443 g/mol. The Bertz CT molecular complexity index is 905. The van der Waals surface area contributed by atoms with Crippen LogP contribution in [0.5, 0.6) is 0 Å². The minimum atomic E-state index is -3.93. The second-order valence-corrected chi connectivity index (χ2v) is 9.25. The number of halogens is 2. The zero-order valence-electron chi connectivity index (χ0n) is 15.9. The predicted molar refractivity (Wildman–Crippen MR) is 113 cm³/mol. The van der Waals surface area contributed by atoms with Gasteiger partial charge in [0.2, 0.25) is 15.9 Å². The van der Waals surface area contributed by atoms with Crippen molar-refractivity contribution in [2.45, 2.75) is 37.6 Å². The van der Waals surface area contributed by atoms with Crippen LogP contribution in [0.15, 0.2) is 53.4 Å². The topological polar surface area (TPSA) is 66.5 Å². The van der Waals surface area contributed by atoms with Crippen LogP contribution in [0.3, 0.4) is 0 Å². The summed E-state index contributed by atoms with van der Waals surface area (Å²) in [6.45, 7) is 3.43. The first-order chi connectivity index (χ1) is 13.2. The van der Waals surface area contributed by atoms with Gasteiger partial charge in [0.1, 0.15) is 4.90 Å². The van der Waals surface area contributed by atoms with Gasteiger partial charge in [-0.3, -0.25) is 4.79 Å². The first-order valence-corrected chi connectivity index (χ1v) is 11.2. The molecule has 0 bridgehead atoms. The first kappa shape index (κ1) is 22.7. The Morgan fingerprint density at radius 1 is 1.14 bits per heavy atom. The van der Waals surface area contributed by atoms with Crippen molar-refractivity contribution in [1.82, 2.24) is 9.62 Å². The number of carbonyl (C=O) groups is 1. The van der Waals surface area contributed by atoms with Gasteiger partial charge in [-0.2, -0.15) is 4.31 Å². The highest BCUT2D eigenvalue weighted by atomic mass is 35.5. The van der Waals surface area contributed by atoms with E-state index in [2.05, 4.69) is 5.32 Å². The fraction of sp³-hybridized carbons (Fsp3) is 0.350. The summed E-state index contributed by atoms with van der Waals surface area (Å²) >= 11 is 11.9. The van der Waals surface area contributed by atoms with Crippen molar-refractivity contribution < 1.29 is 13.2 Å². The van der Waals surface area contributed by atoms with Crippen molar-refractivity contribution in [3.05, 3.63) is 64.1 Å². The number of benzene rings is 2. The molecule has 152 valence electrons. The van der Waals surface area contributed by atoms with E-state index in [1.165, 1.54) is 23.8 Å². The monoisotopic (exact) mass is 442 g/mol. The number of nitrogens with zero attached hydrogens (tertiary/aromatic N) is 1. The molecule has 1 amide bonds. The van der Waals surface area contributed by atoms with Gasteiger partial charge in [-0.1, -0.05) is 60.5 Å². The van der Waals surface area contributed by atoms with E-state index in [9.17, 15) is 13.2 Å². The van der Waals surface area contributed by atoms with Crippen LogP contribution < -0.4 is 5.32 Å². The summed E-state index contributed by atoms with van der Waals surface area (Å²) in [6, 6.07) is 14.1. The van der Waals surface area contributed by atoms with Gasteiger partial charge in [0.25, 0.3) is 0 Å². The van der Waals surface area contributed by atoms with Crippen LogP contribution in [-0.2, 0) is 21.2 Å². The van der Waals surface area contributed by atoms with Gasteiger partial charge in [0.05, 0.1) is 11.6 Å². The van der Waals surface area contributed by atoms with Gasteiger partial charge >= 0.3 is 0 Å². The number of carbonyl (C=O) groups excluding carboxylic acids is 1. The predicted octanol–water partition coefficient (Wildman–Crippen LogP) is 4.14. The molecule has 5 nitrogen and oxygen atoms in total. The van der Waals surface area contributed by atoms with Gasteiger partial charge in [0.15, 0.2) is 0 Å². The fourth-order valence-corrected chi connectivity index (χ4v) is 4.90. The molecule has 8 heteroatoms. The fourth-order valence-electron chi connectivity index (χ4n) is 2.76. The van der Waals surface area contributed by atoms with E-state index in [4.69, 9.17) is 23.2 Å². The number of hydrogen-bond acceptors (Lipinski definition) is 3. The van der Waals surface area contributed by atoms with Gasteiger partial charge in [-0.25, -0.2) is 8.42 Å². The summed E-state index contributed by atoms with van der Waals surface area (Å²) in [7, 11) is -3.93. The molecule has 0 fully saturated rings. The lowest BCUT2D eigenvalue weighted by molar-refractivity contribution is -0.121. The molecule has 2 aromatic rings. The zero-order chi connectivity index (χ0) is 20.7. The summed E-state index contributed by atoms with van der Waals surface area (Å²) in [4.78, 5) is 12.3. The third-order valence-electron chi connectivity index (χ3n) is 4.30. The molecule has 0 radical (unpaired) electrons. The maximum Gasteiger partial charge on any atom is 0.245 e. The van der Waals surface area contributed by atoms with Gasteiger partial charge in [0, 0.05) is 17.6 Å². The van der Waals surface area contributed by atoms with Crippen LogP contribution >= 0.6 is 23.2 Å². The lowest BCUT2D eigenvalue weighted by Gasteiger charge is -2.22. The van der Waals surface area contributed by atoms with E-state index in [1.807, 2.05) is 37.3 Å². The van der Waals surface area contributed by atoms with Gasteiger partial charge in [-0.05, 0) is 43.5 Å². The third-order valence-corrected chi connectivity index (χ3v) is 6.94. The Balaban J connectivity index is 1.99. The van der Waals surface area contributed by atoms with Crippen molar-refractivity contribution >= 4 is 39.1 Å². The molecule has 0 spiro atoms. The highest BCUT2D eigenvalue weighted by molar-refractivity contribution is 7.89. The smallest absolute Gasteiger partial charge is 0.245 e. The molecule has 0 saturated carbocycles. The summed E-state index contributed by atoms with van der Waals surface area (Å²) < 4.78 is 26.8. The Kier molecular flexibility index (Phi) is 8.31. The summed E-state index contributed by atoms with van der Waals surface area (Å²) in [5.74, 6) is -0.357. The van der Waals surface area contributed by atoms with E-state index in [-0.39, 0.29) is 40.0 Å². The highest BCUT2D eigenvalue weighted by Crippen LogP contribution is 2.27. The van der Waals surface area contributed by atoms with Crippen molar-refractivity contribution in [1.29, 1.82) is 0 Å². The van der Waals surface area contributed by atoms with Gasteiger partial charge in [-0.15, -0.1) is 0 Å². The number of likely N-dealkylation sites (N-methyl/N-ethyl adjacent to an activating group) is 1. The van der Waals surface area contributed by atoms with Crippen LogP contribution in [0, 0.1) is 0 Å². The lowest BCUT2D eigenvalue weighted by Crippen LogP contribution is -2.43. The minimum absolute atomic E-state index is 0.0690. The molecule has 0 aliphatic heterocycles. The number of amides is 1. The van der Waals surface area contributed by atoms with E-state index in [1.54, 1.807) is 6.92 Å². The quantitative estimate of drug-likeness (QED) is 0.634. The standard InChI is InChI=1S/C20H24Cl2N2O3S/c1-3-24(28(26,27)19-13-17(21)11-12-18(19)22)14-20(25)23-15(2)9-10-16-7-5-4-6-8-16/h4-8,11-13,15H,3,9-10,14H2,1-2H3,(H,23,25)/t15-/m1/s1. The average Bonchev–Trinajstić information content (AvgIpc) is 2.67. The number of aryl methyl sites for hydroxylation is 1. The highest BCUT2D eigenvalue weighted by Gasteiger charge is 2.28. The van der Waals surface area contributed by atoms with Crippen LogP contribution in [0.1, 0.15) is 25.8 Å². The van der Waals surface area contributed by atoms with Crippen LogP contribution in [0.4, 0.5) is 0 Å². The largest absolute Gasteiger partial charge is 0.352 e. The Hall–Kier alpha value is -1.60. The number of nitrogens with one attached hydrogen (secondary N) is 1. The van der Waals surface area contributed by atoms with Crippen molar-refractivity contribution in [3.63, 3.8) is 0 Å². The zero-order valence-corrected chi connectivity index (χ0v) is 18.2. The molecule has 0 unspecified atom stereocenters. The second kappa shape index (κ2) is 10.3. The maximum atomic E-state index is 12.9. The van der Waals surface area contributed by atoms with Crippen molar-refractivity contribution in [2.75, 3.05) is 13.1 Å². The second-order valence-electron chi connectivity index (χ2n) is 6.50. The normalized spacial score (nSPS) is 12.8. The first-order valence-electron chi connectivity index (χ1n) is 9.02. The van der Waals surface area contributed by atoms with E-state index >= 15 is 0 Å². The lowest BCUT2D eigenvalue weighted by atomic mass is 10.1. The Labute approximate surface area is 176 Å². The summed E-state index contributed by atoms with van der Waals surface area (Å²) in [5, 5.41) is 3.19. The van der Waals surface area contributed by atoms with Crippen LogP contribution in [0.25, 0.3) is 0 Å². The van der Waals surface area contributed by atoms with E-state index < -0.39 is 10.0 Å². The minimum Gasteiger partial charge on any atom is -0.352 e. The SMILES string of the molecule is CCN(CC(=O)N[C@H](C)CCc1ccccc1)S(=O)(=O)c1cc(Cl)ccc1Cl. The Morgan fingerprint density at radius 2 is 1.82 bits per heavy atom. The molecule has 1 N–H and O–H groups in total. The molecule has 2 rings (SSSR count). The molecular formula is C20H24Cl2N2O3S. The van der Waals surface area contributed by atoms with Crippen molar-refractivity contribution in [3.8, 4) is 0 Å². The molecule has 2 aromatic carbocycles. The van der Waals surface area contributed by atoms with Crippen LogP contribution in [-0.4, -0.2) is 37.8 Å². The summed E-state index contributed by atoms with van der Waals surface area (Å²) in [5.41, 5.74) is 1.19. The number of hydrogen-bond donors (Lipinski definition) is 1. The van der Waals surface area contributed by atoms with E-state index in [0.717, 1.165) is 17.1 Å².